The van der Waals surface area contributed by atoms with E-state index in [1.54, 1.807) is 39.6 Å². The zero-order valence-corrected chi connectivity index (χ0v) is 30.0. The van der Waals surface area contributed by atoms with Gasteiger partial charge in [0.15, 0.2) is 6.29 Å². The molecule has 0 aromatic rings. The summed E-state index contributed by atoms with van der Waals surface area (Å²) in [6, 6.07) is -0.877. The molecule has 7 N–H and O–H groups in total. The largest absolute Gasteiger partial charge is 0.459 e. The molecule has 0 amide bonds. The van der Waals surface area contributed by atoms with E-state index in [0.717, 1.165) is 0 Å². The number of ether oxygens (including phenoxy) is 3. The molecule has 0 aliphatic carbocycles. The second kappa shape index (κ2) is 16.6. The summed E-state index contributed by atoms with van der Waals surface area (Å²) < 4.78 is 18.5. The van der Waals surface area contributed by atoms with Crippen molar-refractivity contribution in [1.29, 1.82) is 0 Å². The summed E-state index contributed by atoms with van der Waals surface area (Å²) in [6.45, 7) is 13.8. The minimum absolute atomic E-state index is 0.101. The average molecular weight is 664 g/mol. The van der Waals surface area contributed by atoms with Crippen molar-refractivity contribution >= 4 is 5.97 Å². The number of hydrogen-bond donors (Lipinski definition) is 7. The molecule has 46 heavy (non-hydrogen) atoms. The van der Waals surface area contributed by atoms with E-state index >= 15 is 0 Å². The summed E-state index contributed by atoms with van der Waals surface area (Å²) in [5, 5.41) is 71.8. The highest BCUT2D eigenvalue weighted by atomic mass is 16.7. The van der Waals surface area contributed by atoms with Gasteiger partial charge in [0.05, 0.1) is 35.9 Å². The lowest BCUT2D eigenvalue weighted by atomic mass is 9.70. The van der Waals surface area contributed by atoms with Gasteiger partial charge in [0.2, 0.25) is 0 Å². The van der Waals surface area contributed by atoms with E-state index in [4.69, 9.17) is 14.2 Å². The van der Waals surface area contributed by atoms with Crippen molar-refractivity contribution in [2.24, 2.45) is 17.8 Å². The van der Waals surface area contributed by atoms with Gasteiger partial charge in [-0.2, -0.15) is 0 Å². The molecule has 0 spiro atoms. The van der Waals surface area contributed by atoms with E-state index < -0.39 is 71.4 Å². The molecule has 2 rings (SSSR count). The van der Waals surface area contributed by atoms with E-state index in [1.807, 2.05) is 32.8 Å². The van der Waals surface area contributed by atoms with Crippen LogP contribution in [0.15, 0.2) is 0 Å². The number of esters is 1. The second-order valence-corrected chi connectivity index (χ2v) is 15.0. The van der Waals surface area contributed by atoms with Crippen LogP contribution in [0.25, 0.3) is 0 Å². The molecular weight excluding hydrogens is 598 g/mol. The van der Waals surface area contributed by atoms with Gasteiger partial charge in [0, 0.05) is 31.1 Å². The van der Waals surface area contributed by atoms with Gasteiger partial charge >= 0.3 is 5.97 Å². The third kappa shape index (κ3) is 9.59. The van der Waals surface area contributed by atoms with E-state index in [-0.39, 0.29) is 50.6 Å². The Morgan fingerprint density at radius 2 is 1.65 bits per heavy atom. The Kier molecular flexibility index (Phi) is 14.9. The Morgan fingerprint density at radius 3 is 2.20 bits per heavy atom. The molecule has 13 heteroatoms. The molecule has 2 heterocycles. The van der Waals surface area contributed by atoms with Crippen molar-refractivity contribution in [3.63, 3.8) is 0 Å². The maximum atomic E-state index is 13.9. The fourth-order valence-corrected chi connectivity index (χ4v) is 7.37. The zero-order chi connectivity index (χ0) is 35.4. The SMILES string of the molecule is CC[C@H]1OC(=O)C(C)[C@@](O)(CN(C)CCO)[C@H](C)[C@@H](O[C@@H]2O[C@H](C)C[C@H](N(C)C)[C@H]2O)[C@@](C)(O)C[C@@H](C)CN[C@H](C)[C@@H](O)[C@]1(C)O. The smallest absolute Gasteiger partial charge is 0.312 e. The Labute approximate surface area is 276 Å². The number of rotatable bonds is 8. The highest BCUT2D eigenvalue weighted by Gasteiger charge is 2.55. The molecule has 0 aromatic heterocycles. The van der Waals surface area contributed by atoms with Gasteiger partial charge in [-0.25, -0.2) is 0 Å². The minimum Gasteiger partial charge on any atom is -0.459 e. The van der Waals surface area contributed by atoms with E-state index in [2.05, 4.69) is 5.32 Å². The lowest BCUT2D eigenvalue weighted by molar-refractivity contribution is -0.305. The van der Waals surface area contributed by atoms with Gasteiger partial charge in [0.1, 0.15) is 23.9 Å². The van der Waals surface area contributed by atoms with Crippen LogP contribution in [0.2, 0.25) is 0 Å². The molecule has 2 fully saturated rings. The maximum absolute atomic E-state index is 13.9. The van der Waals surface area contributed by atoms with Crippen LogP contribution in [0.5, 0.6) is 0 Å². The third-order valence-electron chi connectivity index (χ3n) is 10.4. The fourth-order valence-electron chi connectivity index (χ4n) is 7.37. The monoisotopic (exact) mass is 663 g/mol. The van der Waals surface area contributed by atoms with E-state index in [9.17, 15) is 35.4 Å². The molecule has 2 aliphatic heterocycles. The fraction of sp³-hybridized carbons (Fsp3) is 0.970. The lowest BCUT2D eigenvalue weighted by Crippen LogP contribution is -2.64. The van der Waals surface area contributed by atoms with Crippen LogP contribution in [-0.2, 0) is 19.0 Å². The summed E-state index contributed by atoms with van der Waals surface area (Å²) in [7, 11) is 5.43. The predicted molar refractivity (Wildman–Crippen MR) is 174 cm³/mol. The number of aliphatic hydroxyl groups excluding tert-OH is 3. The highest BCUT2D eigenvalue weighted by molar-refractivity contribution is 5.74. The van der Waals surface area contributed by atoms with Gasteiger partial charge in [-0.3, -0.25) is 4.79 Å². The summed E-state index contributed by atoms with van der Waals surface area (Å²) in [6.07, 6.45) is -5.06. The van der Waals surface area contributed by atoms with Crippen LogP contribution >= 0.6 is 0 Å². The van der Waals surface area contributed by atoms with Crippen molar-refractivity contribution in [2.75, 3.05) is 47.4 Å². The molecule has 2 saturated heterocycles. The van der Waals surface area contributed by atoms with Gasteiger partial charge in [-0.05, 0) is 87.5 Å². The number of carbonyl (C=O) groups is 1. The molecule has 0 bridgehead atoms. The van der Waals surface area contributed by atoms with Gasteiger partial charge in [0.25, 0.3) is 0 Å². The topological polar surface area (TPSA) is 185 Å². The molecule has 272 valence electrons. The Bertz CT molecular complexity index is 955. The molecule has 1 unspecified atom stereocenters. The number of nitrogens with one attached hydrogen (secondary N) is 1. The Morgan fingerprint density at radius 1 is 1.04 bits per heavy atom. The predicted octanol–water partition coefficient (Wildman–Crippen LogP) is -0.0724. The molecular formula is C33H65N3O10. The second-order valence-electron chi connectivity index (χ2n) is 15.0. The van der Waals surface area contributed by atoms with Crippen molar-refractivity contribution in [2.45, 2.75) is 140 Å². The summed E-state index contributed by atoms with van der Waals surface area (Å²) >= 11 is 0. The summed E-state index contributed by atoms with van der Waals surface area (Å²) in [4.78, 5) is 17.5. The van der Waals surface area contributed by atoms with Gasteiger partial charge in [-0.1, -0.05) is 20.8 Å². The van der Waals surface area contributed by atoms with Gasteiger partial charge < -0.3 is 60.0 Å². The quantitative estimate of drug-likeness (QED) is 0.171. The van der Waals surface area contributed by atoms with Crippen molar-refractivity contribution < 1.29 is 49.6 Å². The molecule has 14 atom stereocenters. The lowest BCUT2D eigenvalue weighted by Gasteiger charge is -2.50. The van der Waals surface area contributed by atoms with E-state index in [0.29, 0.717) is 13.0 Å². The first kappa shape index (κ1) is 41.2. The van der Waals surface area contributed by atoms with E-state index in [1.165, 1.54) is 13.8 Å². The van der Waals surface area contributed by atoms with Crippen molar-refractivity contribution in [3.8, 4) is 0 Å². The van der Waals surface area contributed by atoms with Crippen LogP contribution in [0.1, 0.15) is 74.7 Å². The van der Waals surface area contributed by atoms with Gasteiger partial charge in [-0.15, -0.1) is 0 Å². The average Bonchev–Trinajstić information content (AvgIpc) is 2.96. The number of aliphatic hydroxyl groups is 6. The number of hydrogen-bond acceptors (Lipinski definition) is 13. The molecule has 2 aliphatic rings. The van der Waals surface area contributed by atoms with Crippen LogP contribution < -0.4 is 5.32 Å². The van der Waals surface area contributed by atoms with Crippen LogP contribution in [0.3, 0.4) is 0 Å². The standard InChI is InChI=1S/C33H65N3O10/c1-12-25-32(8,42)27(39)23(6)34-17-19(2)16-31(7,41)28(46-30-26(38)24(35(9)10)15-20(3)44-30)21(4)33(43,18-36(11)13-14-37)22(5)29(40)45-25/h19-28,30,34,37-39,41-43H,12-18H2,1-11H3/t19-,20-,21-,22?,23-,24+,25-,26-,27-,28-,30+,31+,32-,33-/m1/s1. The zero-order valence-electron chi connectivity index (χ0n) is 30.0. The third-order valence-corrected chi connectivity index (χ3v) is 10.4. The first-order valence-corrected chi connectivity index (χ1v) is 16.9. The minimum atomic E-state index is -1.90. The van der Waals surface area contributed by atoms with Crippen LogP contribution in [-0.4, -0.2) is 159 Å². The highest BCUT2D eigenvalue weighted by Crippen LogP contribution is 2.40. The Hall–Kier alpha value is -0.970. The first-order valence-electron chi connectivity index (χ1n) is 16.9. The molecule has 13 nitrogen and oxygen atoms in total. The van der Waals surface area contributed by atoms with Crippen molar-refractivity contribution in [3.05, 3.63) is 0 Å². The number of carbonyl (C=O) groups excluding carboxylic acids is 1. The number of cyclic esters (lactones) is 1. The Balaban J connectivity index is 2.72. The number of nitrogens with zero attached hydrogens (tertiary/aromatic N) is 2. The molecule has 0 radical (unpaired) electrons. The molecule has 0 aromatic carbocycles. The summed E-state index contributed by atoms with van der Waals surface area (Å²) in [5.74, 6) is -3.14. The maximum Gasteiger partial charge on any atom is 0.312 e. The van der Waals surface area contributed by atoms with Crippen molar-refractivity contribution in [1.82, 2.24) is 15.1 Å². The van der Waals surface area contributed by atoms with Crippen LogP contribution in [0.4, 0.5) is 0 Å². The normalized spacial score (nSPS) is 45.7. The molecule has 0 saturated carbocycles. The number of likely N-dealkylation sites (N-methyl/N-ethyl adjacent to an activating group) is 2. The first-order chi connectivity index (χ1) is 21.1. The van der Waals surface area contributed by atoms with Crippen LogP contribution in [0, 0.1) is 17.8 Å². The summed E-state index contributed by atoms with van der Waals surface area (Å²) in [5.41, 5.74) is -5.33.